The van der Waals surface area contributed by atoms with Crippen molar-refractivity contribution < 1.29 is 9.59 Å². The van der Waals surface area contributed by atoms with Crippen molar-refractivity contribution in [2.45, 2.75) is 38.6 Å². The van der Waals surface area contributed by atoms with Gasteiger partial charge in [-0.25, -0.2) is 4.79 Å². The molecule has 0 fully saturated rings. The third-order valence-electron chi connectivity index (χ3n) is 3.79. The van der Waals surface area contributed by atoms with Gasteiger partial charge >= 0.3 is 6.03 Å². The highest BCUT2D eigenvalue weighted by Gasteiger charge is 2.11. The number of likely N-dealkylation sites (N-methyl/N-ethyl adjacent to an activating group) is 1. The Morgan fingerprint density at radius 3 is 2.91 bits per heavy atom. The van der Waals surface area contributed by atoms with Gasteiger partial charge in [0.15, 0.2) is 0 Å². The molecule has 0 atom stereocenters. The lowest BCUT2D eigenvalue weighted by molar-refractivity contribution is -0.120. The number of hydrogen-bond acceptors (Lipinski definition) is 4. The fraction of sp³-hybridized carbons (Fsp3) is 0.529. The number of carbonyl (C=O) groups is 2. The molecule has 23 heavy (non-hydrogen) atoms. The summed E-state index contributed by atoms with van der Waals surface area (Å²) in [6, 6.07) is 3.62. The monoisotopic (exact) mass is 335 g/mol. The summed E-state index contributed by atoms with van der Waals surface area (Å²) in [7, 11) is 1.87. The van der Waals surface area contributed by atoms with Crippen LogP contribution in [0.15, 0.2) is 29.2 Å². The maximum absolute atomic E-state index is 11.8. The van der Waals surface area contributed by atoms with Crippen LogP contribution in [0, 0.1) is 0 Å². The van der Waals surface area contributed by atoms with Crippen molar-refractivity contribution in [3.8, 4) is 0 Å². The second-order valence-corrected chi connectivity index (χ2v) is 6.95. The molecule has 1 aliphatic carbocycles. The fourth-order valence-electron chi connectivity index (χ4n) is 2.65. The molecule has 6 heteroatoms. The highest BCUT2D eigenvalue weighted by Crippen LogP contribution is 2.19. The highest BCUT2D eigenvalue weighted by molar-refractivity contribution is 7.09. The molecule has 1 heterocycles. The molecule has 5 nitrogen and oxygen atoms in total. The number of nitrogens with zero attached hydrogens (tertiary/aromatic N) is 1. The molecule has 126 valence electrons. The quantitative estimate of drug-likeness (QED) is 0.753. The number of carbonyl (C=O) groups excluding carboxylic acids is 2. The predicted octanol–water partition coefficient (Wildman–Crippen LogP) is 2.90. The summed E-state index contributed by atoms with van der Waals surface area (Å²) in [6.07, 6.45) is 7.94. The largest absolute Gasteiger partial charge is 0.337 e. The Labute approximate surface area is 141 Å². The van der Waals surface area contributed by atoms with Crippen molar-refractivity contribution in [2.75, 3.05) is 20.1 Å². The molecule has 0 spiro atoms. The van der Waals surface area contributed by atoms with E-state index in [0.717, 1.165) is 19.3 Å². The average molecular weight is 335 g/mol. The third kappa shape index (κ3) is 6.97. The lowest BCUT2D eigenvalue weighted by Crippen LogP contribution is -2.43. The van der Waals surface area contributed by atoms with Gasteiger partial charge in [0.2, 0.25) is 5.91 Å². The SMILES string of the molecule is CN(CC(=O)NC(=O)NCCC1=CCCCC1)Cc1cccs1. The van der Waals surface area contributed by atoms with E-state index in [2.05, 4.69) is 16.7 Å². The molecule has 0 unspecified atom stereocenters. The van der Waals surface area contributed by atoms with Gasteiger partial charge in [-0.1, -0.05) is 17.7 Å². The summed E-state index contributed by atoms with van der Waals surface area (Å²) in [4.78, 5) is 26.6. The van der Waals surface area contributed by atoms with Crippen LogP contribution in [0.2, 0.25) is 0 Å². The van der Waals surface area contributed by atoms with E-state index in [4.69, 9.17) is 0 Å². The third-order valence-corrected chi connectivity index (χ3v) is 4.65. The van der Waals surface area contributed by atoms with Crippen molar-refractivity contribution in [1.29, 1.82) is 0 Å². The molecular formula is C17H25N3O2S. The molecule has 2 rings (SSSR count). The minimum Gasteiger partial charge on any atom is -0.337 e. The van der Waals surface area contributed by atoms with Gasteiger partial charge in [0, 0.05) is 18.0 Å². The Morgan fingerprint density at radius 2 is 2.22 bits per heavy atom. The molecule has 3 amide bonds. The molecule has 0 saturated heterocycles. The number of rotatable bonds is 7. The second kappa shape index (κ2) is 9.47. The molecule has 1 aliphatic rings. The topological polar surface area (TPSA) is 61.4 Å². The van der Waals surface area contributed by atoms with Crippen LogP contribution in [0.3, 0.4) is 0 Å². The predicted molar refractivity (Wildman–Crippen MR) is 93.4 cm³/mol. The Balaban J connectivity index is 1.60. The number of imide groups is 1. The molecule has 0 aromatic carbocycles. The number of hydrogen-bond donors (Lipinski definition) is 2. The van der Waals surface area contributed by atoms with Gasteiger partial charge in [-0.05, 0) is 50.6 Å². The van der Waals surface area contributed by atoms with Gasteiger partial charge in [0.05, 0.1) is 6.54 Å². The van der Waals surface area contributed by atoms with Gasteiger partial charge in [-0.15, -0.1) is 11.3 Å². The Hall–Kier alpha value is -1.66. The van der Waals surface area contributed by atoms with E-state index >= 15 is 0 Å². The lowest BCUT2D eigenvalue weighted by Gasteiger charge is -2.15. The zero-order chi connectivity index (χ0) is 16.5. The summed E-state index contributed by atoms with van der Waals surface area (Å²) in [5.41, 5.74) is 1.42. The van der Waals surface area contributed by atoms with Crippen LogP contribution in [-0.2, 0) is 11.3 Å². The molecular weight excluding hydrogens is 310 g/mol. The lowest BCUT2D eigenvalue weighted by atomic mass is 9.97. The second-order valence-electron chi connectivity index (χ2n) is 5.91. The maximum Gasteiger partial charge on any atom is 0.321 e. The number of nitrogens with one attached hydrogen (secondary N) is 2. The molecule has 0 bridgehead atoms. The van der Waals surface area contributed by atoms with Crippen molar-refractivity contribution >= 4 is 23.3 Å². The Morgan fingerprint density at radius 1 is 1.35 bits per heavy atom. The Bertz CT molecular complexity index is 540. The molecule has 1 aromatic rings. The highest BCUT2D eigenvalue weighted by atomic mass is 32.1. The van der Waals surface area contributed by atoms with Crippen LogP contribution in [-0.4, -0.2) is 37.0 Å². The van der Waals surface area contributed by atoms with Crippen LogP contribution >= 0.6 is 11.3 Å². The average Bonchev–Trinajstić information content (AvgIpc) is 3.00. The summed E-state index contributed by atoms with van der Waals surface area (Å²) in [6.45, 7) is 1.49. The van der Waals surface area contributed by atoms with E-state index in [9.17, 15) is 9.59 Å². The van der Waals surface area contributed by atoms with Gasteiger partial charge in [-0.2, -0.15) is 0 Å². The zero-order valence-electron chi connectivity index (χ0n) is 13.6. The van der Waals surface area contributed by atoms with E-state index in [1.54, 1.807) is 11.3 Å². The number of allylic oxidation sites excluding steroid dienone is 1. The van der Waals surface area contributed by atoms with Crippen molar-refractivity contribution in [1.82, 2.24) is 15.5 Å². The van der Waals surface area contributed by atoms with Crippen LogP contribution in [0.5, 0.6) is 0 Å². The van der Waals surface area contributed by atoms with Crippen LogP contribution in [0.1, 0.15) is 37.0 Å². The Kier molecular flexibility index (Phi) is 7.29. The summed E-state index contributed by atoms with van der Waals surface area (Å²) in [5.74, 6) is -0.279. The molecule has 0 saturated carbocycles. The van der Waals surface area contributed by atoms with Gasteiger partial charge in [0.1, 0.15) is 0 Å². The first kappa shape index (κ1) is 17.7. The maximum atomic E-state index is 11.8. The molecule has 1 aromatic heterocycles. The van der Waals surface area contributed by atoms with Crippen molar-refractivity contribution in [2.24, 2.45) is 0 Å². The molecule has 2 N–H and O–H groups in total. The zero-order valence-corrected chi connectivity index (χ0v) is 14.5. The van der Waals surface area contributed by atoms with Crippen LogP contribution in [0.25, 0.3) is 0 Å². The smallest absolute Gasteiger partial charge is 0.321 e. The normalized spacial score (nSPS) is 14.4. The van der Waals surface area contributed by atoms with Gasteiger partial charge < -0.3 is 5.32 Å². The van der Waals surface area contributed by atoms with E-state index in [0.29, 0.717) is 13.1 Å². The van der Waals surface area contributed by atoms with Gasteiger partial charge in [0.25, 0.3) is 0 Å². The molecule has 0 aliphatic heterocycles. The minimum atomic E-state index is -0.407. The number of thiophene rings is 1. The van der Waals surface area contributed by atoms with E-state index in [1.165, 1.54) is 23.3 Å². The van der Waals surface area contributed by atoms with Crippen LogP contribution < -0.4 is 10.6 Å². The first-order valence-corrected chi connectivity index (χ1v) is 8.98. The first-order chi connectivity index (χ1) is 11.1. The van der Waals surface area contributed by atoms with E-state index in [-0.39, 0.29) is 12.5 Å². The van der Waals surface area contributed by atoms with E-state index in [1.807, 2.05) is 29.5 Å². The van der Waals surface area contributed by atoms with Crippen LogP contribution in [0.4, 0.5) is 4.79 Å². The first-order valence-electron chi connectivity index (χ1n) is 8.10. The minimum absolute atomic E-state index is 0.205. The molecule has 0 radical (unpaired) electrons. The van der Waals surface area contributed by atoms with E-state index < -0.39 is 6.03 Å². The van der Waals surface area contributed by atoms with Crippen molar-refractivity contribution in [3.63, 3.8) is 0 Å². The summed E-state index contributed by atoms with van der Waals surface area (Å²) in [5, 5.41) is 7.15. The van der Waals surface area contributed by atoms with Gasteiger partial charge in [-0.3, -0.25) is 15.0 Å². The van der Waals surface area contributed by atoms with Crippen molar-refractivity contribution in [3.05, 3.63) is 34.0 Å². The standard InChI is InChI=1S/C17H25N3O2S/c1-20(12-15-8-5-11-23-15)13-16(21)19-17(22)18-10-9-14-6-3-2-4-7-14/h5-6,8,11H,2-4,7,9-10,12-13H2,1H3,(H2,18,19,21,22). The summed E-state index contributed by atoms with van der Waals surface area (Å²) >= 11 is 1.66. The number of urea groups is 1. The number of amides is 3. The summed E-state index contributed by atoms with van der Waals surface area (Å²) < 4.78 is 0. The fourth-order valence-corrected chi connectivity index (χ4v) is 3.43.